The molecule has 1 fully saturated rings. The highest BCUT2D eigenvalue weighted by Crippen LogP contribution is 2.35. The first-order chi connectivity index (χ1) is 14.0. The molecule has 2 heterocycles. The number of aliphatic carboxylic acids is 1. The van der Waals surface area contributed by atoms with Gasteiger partial charge in [0.25, 0.3) is 5.97 Å². The van der Waals surface area contributed by atoms with Crippen LogP contribution in [-0.2, 0) is 17.8 Å². The Morgan fingerprint density at radius 2 is 2.03 bits per heavy atom. The molecule has 2 aromatic heterocycles. The summed E-state index contributed by atoms with van der Waals surface area (Å²) in [7, 11) is 0. The molecule has 0 saturated heterocycles. The van der Waals surface area contributed by atoms with E-state index in [1.54, 1.807) is 0 Å². The van der Waals surface area contributed by atoms with Gasteiger partial charge in [-0.1, -0.05) is 47.0 Å². The van der Waals surface area contributed by atoms with Crippen LogP contribution in [-0.4, -0.2) is 31.4 Å². The molecule has 0 radical (unpaired) electrons. The quantitative estimate of drug-likeness (QED) is 0.539. The summed E-state index contributed by atoms with van der Waals surface area (Å²) in [6, 6.07) is 9.92. The molecule has 0 bridgehead atoms. The summed E-state index contributed by atoms with van der Waals surface area (Å²) in [5.41, 5.74) is 7.27. The van der Waals surface area contributed by atoms with Gasteiger partial charge in [-0.05, 0) is 24.8 Å². The molecule has 0 unspecified atom stereocenters. The van der Waals surface area contributed by atoms with Crippen LogP contribution in [0, 0.1) is 0 Å². The highest BCUT2D eigenvalue weighted by molar-refractivity contribution is 5.62. The van der Waals surface area contributed by atoms with Crippen LogP contribution in [0.1, 0.15) is 61.3 Å². The molecule has 0 aliphatic heterocycles. The maximum atomic E-state index is 9.00. The average Bonchev–Trinajstić information content (AvgIpc) is 3.28. The van der Waals surface area contributed by atoms with E-state index in [0.29, 0.717) is 36.6 Å². The first kappa shape index (κ1) is 20.5. The molecule has 0 spiro atoms. The van der Waals surface area contributed by atoms with Crippen LogP contribution in [0.2, 0.25) is 0 Å². The Balaban J connectivity index is 0.000000552. The van der Waals surface area contributed by atoms with Gasteiger partial charge < -0.3 is 25.1 Å². The number of hydrogen-bond donors (Lipinski definition) is 3. The molecule has 4 rings (SSSR count). The summed E-state index contributed by atoms with van der Waals surface area (Å²) in [4.78, 5) is 13.4. The molecule has 10 heteroatoms. The van der Waals surface area contributed by atoms with Gasteiger partial charge in [-0.2, -0.15) is 4.98 Å². The summed E-state index contributed by atoms with van der Waals surface area (Å²) < 4.78 is 10.9. The Labute approximate surface area is 167 Å². The molecule has 10 nitrogen and oxygen atoms in total. The SMILES string of the molecule is CC(=O)O.N[C@H](Cc1ccccc1)c1nnc(NCc2noc(C3CCC3)n2)o1. The van der Waals surface area contributed by atoms with E-state index in [-0.39, 0.29) is 6.04 Å². The molecular weight excluding hydrogens is 376 g/mol. The number of carboxylic acids is 1. The number of nitrogens with zero attached hydrogens (tertiary/aromatic N) is 4. The fourth-order valence-corrected chi connectivity index (χ4v) is 2.73. The Morgan fingerprint density at radius 3 is 2.69 bits per heavy atom. The van der Waals surface area contributed by atoms with Gasteiger partial charge >= 0.3 is 6.01 Å². The topological polar surface area (TPSA) is 153 Å². The van der Waals surface area contributed by atoms with Crippen molar-refractivity contribution in [3.8, 4) is 0 Å². The zero-order valence-electron chi connectivity index (χ0n) is 16.1. The van der Waals surface area contributed by atoms with Crippen molar-refractivity contribution in [2.24, 2.45) is 5.73 Å². The van der Waals surface area contributed by atoms with Crippen LogP contribution in [0.3, 0.4) is 0 Å². The van der Waals surface area contributed by atoms with E-state index in [4.69, 9.17) is 24.6 Å². The van der Waals surface area contributed by atoms with Crippen LogP contribution in [0.4, 0.5) is 6.01 Å². The smallest absolute Gasteiger partial charge is 0.315 e. The second kappa shape index (κ2) is 9.78. The standard InChI is InChI=1S/C17H20N6O2.C2H4O2/c18-13(9-11-5-2-1-3-6-11)16-21-22-17(24-16)19-10-14-20-15(25-23-14)12-7-4-8-12;1-2(3)4/h1-3,5-6,12-13H,4,7-10,18H2,(H,19,22);1H3,(H,3,4)/t13-;/m1./s1. The van der Waals surface area contributed by atoms with E-state index in [2.05, 4.69) is 25.7 Å². The molecule has 1 saturated carbocycles. The highest BCUT2D eigenvalue weighted by Gasteiger charge is 2.25. The van der Waals surface area contributed by atoms with Gasteiger partial charge in [0.15, 0.2) is 5.82 Å². The minimum absolute atomic E-state index is 0.300. The van der Waals surface area contributed by atoms with Gasteiger partial charge in [-0.3, -0.25) is 4.79 Å². The van der Waals surface area contributed by atoms with Crippen LogP contribution in [0.5, 0.6) is 0 Å². The Hall–Kier alpha value is -3.27. The molecule has 4 N–H and O–H groups in total. The summed E-state index contributed by atoms with van der Waals surface area (Å²) in [5.74, 6) is 1.29. The number of anilines is 1. The first-order valence-electron chi connectivity index (χ1n) is 9.40. The lowest BCUT2D eigenvalue weighted by Gasteiger charge is -2.20. The monoisotopic (exact) mass is 400 g/mol. The Kier molecular flexibility index (Phi) is 6.90. The number of nitrogens with two attached hydrogens (primary N) is 1. The maximum absolute atomic E-state index is 9.00. The average molecular weight is 400 g/mol. The van der Waals surface area contributed by atoms with Gasteiger partial charge in [-0.15, -0.1) is 5.10 Å². The Morgan fingerprint density at radius 1 is 1.31 bits per heavy atom. The molecular formula is C19H24N6O4. The first-order valence-corrected chi connectivity index (χ1v) is 9.40. The lowest BCUT2D eigenvalue weighted by atomic mass is 9.85. The maximum Gasteiger partial charge on any atom is 0.315 e. The number of benzene rings is 1. The largest absolute Gasteiger partial charge is 0.481 e. The highest BCUT2D eigenvalue weighted by atomic mass is 16.5. The van der Waals surface area contributed by atoms with Crippen molar-refractivity contribution in [2.75, 3.05) is 5.32 Å². The number of carboxylic acid groups (broad SMARTS) is 1. The summed E-state index contributed by atoms with van der Waals surface area (Å²) in [5, 5.41) is 22.4. The van der Waals surface area contributed by atoms with E-state index < -0.39 is 5.97 Å². The fourth-order valence-electron chi connectivity index (χ4n) is 2.73. The normalized spacial score (nSPS) is 14.4. The van der Waals surface area contributed by atoms with Crippen LogP contribution >= 0.6 is 0 Å². The Bertz CT molecular complexity index is 902. The summed E-state index contributed by atoms with van der Waals surface area (Å²) in [6.07, 6.45) is 4.12. The third-order valence-electron chi connectivity index (χ3n) is 4.39. The molecule has 1 aromatic carbocycles. The van der Waals surface area contributed by atoms with Crippen molar-refractivity contribution >= 4 is 12.0 Å². The molecule has 1 aliphatic rings. The number of carbonyl (C=O) groups is 1. The third-order valence-corrected chi connectivity index (χ3v) is 4.39. The third kappa shape index (κ3) is 6.11. The fraction of sp³-hybridized carbons (Fsp3) is 0.421. The zero-order valence-corrected chi connectivity index (χ0v) is 16.1. The van der Waals surface area contributed by atoms with Crippen molar-refractivity contribution in [3.05, 3.63) is 53.5 Å². The lowest BCUT2D eigenvalue weighted by Crippen LogP contribution is -2.13. The van der Waals surface area contributed by atoms with E-state index >= 15 is 0 Å². The molecule has 1 atom stereocenters. The molecule has 29 heavy (non-hydrogen) atoms. The second-order valence-corrected chi connectivity index (χ2v) is 6.79. The summed E-state index contributed by atoms with van der Waals surface area (Å²) in [6.45, 7) is 1.45. The van der Waals surface area contributed by atoms with Crippen molar-refractivity contribution in [3.63, 3.8) is 0 Å². The van der Waals surface area contributed by atoms with Gasteiger partial charge in [0.05, 0.1) is 12.6 Å². The predicted octanol–water partition coefficient (Wildman–Crippen LogP) is 2.67. The van der Waals surface area contributed by atoms with Crippen molar-refractivity contribution in [1.29, 1.82) is 0 Å². The molecule has 0 amide bonds. The molecule has 3 aromatic rings. The number of aromatic nitrogens is 4. The molecule has 154 valence electrons. The van der Waals surface area contributed by atoms with E-state index in [0.717, 1.165) is 31.2 Å². The van der Waals surface area contributed by atoms with Crippen LogP contribution < -0.4 is 11.1 Å². The summed E-state index contributed by atoms with van der Waals surface area (Å²) >= 11 is 0. The number of hydrogen-bond acceptors (Lipinski definition) is 9. The van der Waals surface area contributed by atoms with E-state index in [9.17, 15) is 0 Å². The van der Waals surface area contributed by atoms with E-state index in [1.165, 1.54) is 6.42 Å². The van der Waals surface area contributed by atoms with Gasteiger partial charge in [0, 0.05) is 12.8 Å². The number of rotatable bonds is 7. The van der Waals surface area contributed by atoms with Crippen molar-refractivity contribution in [2.45, 2.75) is 51.1 Å². The number of nitrogens with one attached hydrogen (secondary N) is 1. The predicted molar refractivity (Wildman–Crippen MR) is 103 cm³/mol. The van der Waals surface area contributed by atoms with Gasteiger partial charge in [0.2, 0.25) is 11.8 Å². The minimum Gasteiger partial charge on any atom is -0.481 e. The lowest BCUT2D eigenvalue weighted by molar-refractivity contribution is -0.134. The van der Waals surface area contributed by atoms with Crippen LogP contribution in [0.15, 0.2) is 39.3 Å². The van der Waals surface area contributed by atoms with Crippen molar-refractivity contribution < 1.29 is 18.8 Å². The second-order valence-electron chi connectivity index (χ2n) is 6.79. The van der Waals surface area contributed by atoms with Crippen LogP contribution in [0.25, 0.3) is 0 Å². The van der Waals surface area contributed by atoms with Gasteiger partial charge in [0.1, 0.15) is 0 Å². The molecule has 1 aliphatic carbocycles. The zero-order chi connectivity index (χ0) is 20.6. The minimum atomic E-state index is -0.833. The van der Waals surface area contributed by atoms with Gasteiger partial charge in [-0.25, -0.2) is 0 Å². The van der Waals surface area contributed by atoms with E-state index in [1.807, 2.05) is 30.3 Å². The van der Waals surface area contributed by atoms with Crippen molar-refractivity contribution in [1.82, 2.24) is 20.3 Å².